The van der Waals surface area contributed by atoms with Gasteiger partial charge in [0, 0.05) is 11.8 Å². The molecule has 96 valence electrons. The minimum atomic E-state index is -4.32. The maximum absolute atomic E-state index is 12.1. The smallest absolute Gasteiger partial charge is 0.408 e. The summed E-state index contributed by atoms with van der Waals surface area (Å²) in [5, 5.41) is 6.28. The van der Waals surface area contributed by atoms with Crippen LogP contribution in [0.25, 0.3) is 0 Å². The van der Waals surface area contributed by atoms with Crippen LogP contribution < -0.4 is 5.32 Å². The van der Waals surface area contributed by atoms with Gasteiger partial charge < -0.3 is 10.1 Å². The quantitative estimate of drug-likeness (QED) is 0.820. The summed E-state index contributed by atoms with van der Waals surface area (Å²) in [6.07, 6.45) is -3.06. The van der Waals surface area contributed by atoms with Gasteiger partial charge in [-0.15, -0.1) is 0 Å². The van der Waals surface area contributed by atoms with Crippen LogP contribution in [0.3, 0.4) is 0 Å². The van der Waals surface area contributed by atoms with Crippen molar-refractivity contribution in [1.29, 1.82) is 0 Å². The number of carbonyl (C=O) groups excluding carboxylic acids is 1. The largest absolute Gasteiger partial charge is 0.468 e. The summed E-state index contributed by atoms with van der Waals surface area (Å²) in [6, 6.07) is 0. The molecule has 0 fully saturated rings. The zero-order valence-corrected chi connectivity index (χ0v) is 9.34. The summed E-state index contributed by atoms with van der Waals surface area (Å²) < 4.78 is 41.4. The fraction of sp³-hybridized carbons (Fsp3) is 0.556. The lowest BCUT2D eigenvalue weighted by molar-refractivity contribution is -0.142. The van der Waals surface area contributed by atoms with Crippen LogP contribution in [0.15, 0.2) is 6.20 Å². The Balaban J connectivity index is 2.65. The van der Waals surface area contributed by atoms with E-state index in [2.05, 4.69) is 15.2 Å². The van der Waals surface area contributed by atoms with E-state index < -0.39 is 18.7 Å². The third kappa shape index (κ3) is 4.33. The number of rotatable bonds is 4. The highest BCUT2D eigenvalue weighted by Gasteiger charge is 2.28. The van der Waals surface area contributed by atoms with E-state index in [0.29, 0.717) is 5.56 Å². The minimum absolute atomic E-state index is 0.139. The number of hydrogen-bond acceptors (Lipinski definition) is 4. The van der Waals surface area contributed by atoms with Crippen LogP contribution in [0.1, 0.15) is 5.56 Å². The summed E-state index contributed by atoms with van der Waals surface area (Å²) in [6.45, 7) is 0.299. The molecule has 0 spiro atoms. The van der Waals surface area contributed by atoms with Gasteiger partial charge in [0.25, 0.3) is 0 Å². The normalized spacial score (nSPS) is 11.4. The highest BCUT2D eigenvalue weighted by Crippen LogP contribution is 2.19. The van der Waals surface area contributed by atoms with E-state index in [9.17, 15) is 18.0 Å². The maximum Gasteiger partial charge on any atom is 0.408 e. The lowest BCUT2D eigenvalue weighted by atomic mass is 10.4. The molecule has 0 radical (unpaired) electrons. The van der Waals surface area contributed by atoms with Crippen molar-refractivity contribution in [2.75, 3.05) is 19.0 Å². The third-order valence-electron chi connectivity index (χ3n) is 1.91. The van der Waals surface area contributed by atoms with Crippen molar-refractivity contribution in [3.8, 4) is 0 Å². The topological polar surface area (TPSA) is 56.1 Å². The number of nitrogens with zero attached hydrogens (tertiary/aromatic N) is 2. The molecule has 17 heavy (non-hydrogen) atoms. The molecule has 5 nitrogen and oxygen atoms in total. The molecule has 0 amide bonds. The van der Waals surface area contributed by atoms with Crippen molar-refractivity contribution in [2.45, 2.75) is 19.6 Å². The summed E-state index contributed by atoms with van der Waals surface area (Å²) in [5.74, 6) is -0.283. The van der Waals surface area contributed by atoms with Crippen molar-refractivity contribution in [3.05, 3.63) is 11.8 Å². The van der Waals surface area contributed by atoms with Gasteiger partial charge in [-0.3, -0.25) is 9.48 Å². The van der Waals surface area contributed by atoms with Crippen LogP contribution in [-0.2, 0) is 16.1 Å². The predicted octanol–water partition coefficient (Wildman–Crippen LogP) is 1.34. The van der Waals surface area contributed by atoms with Crippen LogP contribution in [0.4, 0.5) is 19.0 Å². The number of halogens is 3. The molecule has 1 aromatic rings. The Labute approximate surface area is 95.5 Å². The van der Waals surface area contributed by atoms with Crippen LogP contribution >= 0.6 is 0 Å². The number of ether oxygens (including phenoxy) is 1. The number of nitrogens with one attached hydrogen (secondary N) is 1. The van der Waals surface area contributed by atoms with Crippen molar-refractivity contribution < 1.29 is 22.7 Å². The van der Waals surface area contributed by atoms with Crippen LogP contribution in [0, 0.1) is 6.92 Å². The van der Waals surface area contributed by atoms with Crippen LogP contribution in [0.5, 0.6) is 0 Å². The number of alkyl halides is 3. The van der Waals surface area contributed by atoms with Gasteiger partial charge in [0.15, 0.2) is 5.82 Å². The van der Waals surface area contributed by atoms with E-state index in [1.54, 1.807) is 6.92 Å². The average molecular weight is 251 g/mol. The third-order valence-corrected chi connectivity index (χ3v) is 1.91. The van der Waals surface area contributed by atoms with Gasteiger partial charge in [0.1, 0.15) is 13.1 Å². The Bertz CT molecular complexity index is 401. The molecule has 0 unspecified atom stereocenters. The summed E-state index contributed by atoms with van der Waals surface area (Å²) >= 11 is 0. The molecule has 0 aliphatic rings. The van der Waals surface area contributed by atoms with E-state index in [1.807, 2.05) is 0 Å². The first-order chi connectivity index (χ1) is 7.81. The number of carbonyl (C=O) groups is 1. The molecule has 1 N–H and O–H groups in total. The monoisotopic (exact) mass is 251 g/mol. The van der Waals surface area contributed by atoms with Crippen LogP contribution in [-0.4, -0.2) is 35.6 Å². The molecule has 1 heterocycles. The van der Waals surface area contributed by atoms with Gasteiger partial charge in [0.2, 0.25) is 0 Å². The van der Waals surface area contributed by atoms with Gasteiger partial charge in [0.05, 0.1) is 7.11 Å². The van der Waals surface area contributed by atoms with Crippen LogP contribution in [0.2, 0.25) is 0 Å². The van der Waals surface area contributed by atoms with Crippen molar-refractivity contribution >= 4 is 11.8 Å². The van der Waals surface area contributed by atoms with Gasteiger partial charge in [-0.1, -0.05) is 0 Å². The molecule has 0 saturated heterocycles. The fourth-order valence-corrected chi connectivity index (χ4v) is 1.19. The molecule has 0 atom stereocenters. The SMILES string of the molecule is COC(=O)CNc1nn(CC(F)(F)F)cc1C. The molecular weight excluding hydrogens is 239 g/mol. The second kappa shape index (κ2) is 5.07. The van der Waals surface area contributed by atoms with E-state index in [-0.39, 0.29) is 12.4 Å². The van der Waals surface area contributed by atoms with Gasteiger partial charge in [-0.2, -0.15) is 18.3 Å². The molecule has 0 aliphatic heterocycles. The van der Waals surface area contributed by atoms with E-state index in [4.69, 9.17) is 0 Å². The van der Waals surface area contributed by atoms with E-state index >= 15 is 0 Å². The number of hydrogen-bond donors (Lipinski definition) is 1. The standard InChI is InChI=1S/C9H12F3N3O2/c1-6-4-15(5-9(10,11)12)14-8(6)13-3-7(16)17-2/h4H,3,5H2,1-2H3,(H,13,14). The molecule has 1 aromatic heterocycles. The van der Waals surface area contributed by atoms with Crippen molar-refractivity contribution in [3.63, 3.8) is 0 Å². The summed E-state index contributed by atoms with van der Waals surface area (Å²) in [7, 11) is 1.22. The zero-order valence-electron chi connectivity index (χ0n) is 9.34. The zero-order chi connectivity index (χ0) is 13.1. The number of methoxy groups -OCH3 is 1. The Kier molecular flexibility index (Phi) is 3.97. The lowest BCUT2D eigenvalue weighted by Gasteiger charge is -2.05. The number of anilines is 1. The first kappa shape index (κ1) is 13.3. The van der Waals surface area contributed by atoms with Gasteiger partial charge in [-0.25, -0.2) is 0 Å². The van der Waals surface area contributed by atoms with Crippen molar-refractivity contribution in [1.82, 2.24) is 9.78 Å². The minimum Gasteiger partial charge on any atom is -0.468 e. The molecule has 0 saturated carbocycles. The first-order valence-corrected chi connectivity index (χ1v) is 4.73. The molecule has 8 heteroatoms. The second-order valence-electron chi connectivity index (χ2n) is 3.40. The molecule has 0 aromatic carbocycles. The Morgan fingerprint density at radius 1 is 1.59 bits per heavy atom. The molecule has 0 bridgehead atoms. The lowest BCUT2D eigenvalue weighted by Crippen LogP contribution is -2.19. The number of aromatic nitrogens is 2. The highest BCUT2D eigenvalue weighted by atomic mass is 19.4. The van der Waals surface area contributed by atoms with Gasteiger partial charge >= 0.3 is 12.1 Å². The average Bonchev–Trinajstić information content (AvgIpc) is 2.52. The maximum atomic E-state index is 12.1. The Morgan fingerprint density at radius 3 is 2.76 bits per heavy atom. The van der Waals surface area contributed by atoms with E-state index in [0.717, 1.165) is 4.68 Å². The number of aryl methyl sites for hydroxylation is 1. The molecule has 0 aliphatic carbocycles. The highest BCUT2D eigenvalue weighted by molar-refractivity contribution is 5.74. The predicted molar refractivity (Wildman–Crippen MR) is 53.5 cm³/mol. The Morgan fingerprint density at radius 2 is 2.24 bits per heavy atom. The summed E-state index contributed by atoms with van der Waals surface area (Å²) in [4.78, 5) is 10.8. The second-order valence-corrected chi connectivity index (χ2v) is 3.40. The molecular formula is C9H12F3N3O2. The molecule has 1 rings (SSSR count). The van der Waals surface area contributed by atoms with Crippen molar-refractivity contribution in [2.24, 2.45) is 0 Å². The summed E-state index contributed by atoms with van der Waals surface area (Å²) in [5.41, 5.74) is 0.526. The Hall–Kier alpha value is -1.73. The fourth-order valence-electron chi connectivity index (χ4n) is 1.19. The number of esters is 1. The van der Waals surface area contributed by atoms with E-state index in [1.165, 1.54) is 13.3 Å². The van der Waals surface area contributed by atoms with Gasteiger partial charge in [-0.05, 0) is 6.92 Å². The first-order valence-electron chi connectivity index (χ1n) is 4.73.